The number of rotatable bonds is 1. The molecule has 0 radical (unpaired) electrons. The predicted molar refractivity (Wildman–Crippen MR) is 59.2 cm³/mol. The highest BCUT2D eigenvalue weighted by atomic mass is 32.1. The van der Waals surface area contributed by atoms with Crippen molar-refractivity contribution in [3.05, 3.63) is 46.8 Å². The minimum atomic E-state index is 1.32. The molecule has 13 heavy (non-hydrogen) atoms. The van der Waals surface area contributed by atoms with Crippen LogP contribution in [0, 0.1) is 13.8 Å². The van der Waals surface area contributed by atoms with Crippen molar-refractivity contribution in [3.8, 4) is 10.4 Å². The van der Waals surface area contributed by atoms with Crippen LogP contribution in [0.2, 0.25) is 0 Å². The molecular weight excluding hydrogens is 176 g/mol. The lowest BCUT2D eigenvalue weighted by Gasteiger charge is -2.00. The molecule has 0 aliphatic heterocycles. The highest BCUT2D eigenvalue weighted by Gasteiger charge is 2.01. The van der Waals surface area contributed by atoms with Gasteiger partial charge in [0.25, 0.3) is 0 Å². The Morgan fingerprint density at radius 3 is 2.54 bits per heavy atom. The van der Waals surface area contributed by atoms with Crippen LogP contribution in [0.4, 0.5) is 0 Å². The molecule has 2 rings (SSSR count). The zero-order valence-electron chi connectivity index (χ0n) is 7.87. The molecule has 0 fully saturated rings. The molecule has 0 aliphatic carbocycles. The topological polar surface area (TPSA) is 0 Å². The molecule has 0 bridgehead atoms. The van der Waals surface area contributed by atoms with Gasteiger partial charge in [0.15, 0.2) is 0 Å². The molecular formula is C12H12S. The Morgan fingerprint density at radius 2 is 1.92 bits per heavy atom. The van der Waals surface area contributed by atoms with Gasteiger partial charge in [-0.05, 0) is 36.4 Å². The van der Waals surface area contributed by atoms with Crippen molar-refractivity contribution in [1.82, 2.24) is 0 Å². The second-order valence-electron chi connectivity index (χ2n) is 3.30. The third kappa shape index (κ3) is 1.65. The summed E-state index contributed by atoms with van der Waals surface area (Å²) in [5, 5.41) is 2.15. The molecule has 0 unspecified atom stereocenters. The van der Waals surface area contributed by atoms with Crippen molar-refractivity contribution in [3.63, 3.8) is 0 Å². The first kappa shape index (κ1) is 8.52. The summed E-state index contributed by atoms with van der Waals surface area (Å²) in [5.74, 6) is 0. The van der Waals surface area contributed by atoms with Gasteiger partial charge in [-0.2, -0.15) is 0 Å². The number of thiophene rings is 1. The Balaban J connectivity index is 2.53. The summed E-state index contributed by atoms with van der Waals surface area (Å²) >= 11 is 1.81. The second-order valence-corrected chi connectivity index (χ2v) is 4.22. The van der Waals surface area contributed by atoms with Crippen LogP contribution in [0.1, 0.15) is 11.1 Å². The maximum Gasteiger partial charge on any atom is 0.0371 e. The average Bonchev–Trinajstić information content (AvgIpc) is 2.51. The van der Waals surface area contributed by atoms with Gasteiger partial charge in [-0.1, -0.05) is 29.8 Å². The maximum atomic E-state index is 2.23. The van der Waals surface area contributed by atoms with Gasteiger partial charge in [-0.3, -0.25) is 0 Å². The van der Waals surface area contributed by atoms with Crippen molar-refractivity contribution in [2.75, 3.05) is 0 Å². The normalized spacial score (nSPS) is 10.3. The van der Waals surface area contributed by atoms with Crippen molar-refractivity contribution in [2.24, 2.45) is 0 Å². The predicted octanol–water partition coefficient (Wildman–Crippen LogP) is 4.03. The highest BCUT2D eigenvalue weighted by molar-refractivity contribution is 7.13. The van der Waals surface area contributed by atoms with Gasteiger partial charge in [0.1, 0.15) is 0 Å². The number of hydrogen-bond acceptors (Lipinski definition) is 1. The second kappa shape index (κ2) is 3.35. The van der Waals surface area contributed by atoms with Gasteiger partial charge in [-0.15, -0.1) is 11.3 Å². The molecule has 0 atom stereocenters. The van der Waals surface area contributed by atoms with E-state index < -0.39 is 0 Å². The lowest BCUT2D eigenvalue weighted by atomic mass is 10.1. The lowest BCUT2D eigenvalue weighted by molar-refractivity contribution is 1.46. The van der Waals surface area contributed by atoms with Crippen LogP contribution in [0.15, 0.2) is 35.7 Å². The highest BCUT2D eigenvalue weighted by Crippen LogP contribution is 2.29. The van der Waals surface area contributed by atoms with Crippen LogP contribution in [0.5, 0.6) is 0 Å². The molecule has 1 heterocycles. The van der Waals surface area contributed by atoms with Crippen LogP contribution >= 0.6 is 11.3 Å². The minimum absolute atomic E-state index is 1.32. The molecule has 0 amide bonds. The van der Waals surface area contributed by atoms with E-state index in [0.29, 0.717) is 0 Å². The largest absolute Gasteiger partial charge is 0.144 e. The fourth-order valence-corrected chi connectivity index (χ4v) is 2.38. The average molecular weight is 188 g/mol. The van der Waals surface area contributed by atoms with Crippen molar-refractivity contribution in [2.45, 2.75) is 13.8 Å². The Bertz CT molecular complexity index is 413. The fraction of sp³-hybridized carbons (Fsp3) is 0.167. The molecule has 66 valence electrons. The molecule has 0 aliphatic rings. The molecule has 0 saturated carbocycles. The zero-order valence-corrected chi connectivity index (χ0v) is 8.69. The Kier molecular flexibility index (Phi) is 2.19. The first-order valence-electron chi connectivity index (χ1n) is 4.38. The van der Waals surface area contributed by atoms with E-state index in [1.165, 1.54) is 21.6 Å². The van der Waals surface area contributed by atoms with Crippen LogP contribution in [0.3, 0.4) is 0 Å². The van der Waals surface area contributed by atoms with E-state index in [4.69, 9.17) is 0 Å². The minimum Gasteiger partial charge on any atom is -0.144 e. The van der Waals surface area contributed by atoms with E-state index in [1.54, 1.807) is 0 Å². The smallest absolute Gasteiger partial charge is 0.0371 e. The van der Waals surface area contributed by atoms with Crippen molar-refractivity contribution in [1.29, 1.82) is 0 Å². The van der Waals surface area contributed by atoms with E-state index in [9.17, 15) is 0 Å². The summed E-state index contributed by atoms with van der Waals surface area (Å²) in [4.78, 5) is 1.39. The van der Waals surface area contributed by atoms with E-state index >= 15 is 0 Å². The number of benzene rings is 1. The maximum absolute atomic E-state index is 2.23. The molecule has 1 heteroatoms. The summed E-state index contributed by atoms with van der Waals surface area (Å²) in [6, 6.07) is 10.8. The summed E-state index contributed by atoms with van der Waals surface area (Å²) in [5.41, 5.74) is 4.04. The quantitative estimate of drug-likeness (QED) is 0.633. The van der Waals surface area contributed by atoms with Gasteiger partial charge in [0.2, 0.25) is 0 Å². The summed E-state index contributed by atoms with van der Waals surface area (Å²) in [7, 11) is 0. The lowest BCUT2D eigenvalue weighted by Crippen LogP contribution is -1.77. The van der Waals surface area contributed by atoms with E-state index in [2.05, 4.69) is 49.6 Å². The summed E-state index contributed by atoms with van der Waals surface area (Å²) in [6.45, 7) is 4.29. The van der Waals surface area contributed by atoms with E-state index in [-0.39, 0.29) is 0 Å². The molecule has 0 saturated heterocycles. The van der Waals surface area contributed by atoms with Crippen LogP contribution < -0.4 is 0 Å². The molecule has 1 aromatic heterocycles. The number of aryl methyl sites for hydroxylation is 2. The van der Waals surface area contributed by atoms with Crippen molar-refractivity contribution < 1.29 is 0 Å². The van der Waals surface area contributed by atoms with E-state index in [1.807, 2.05) is 11.3 Å². The number of hydrogen-bond donors (Lipinski definition) is 0. The van der Waals surface area contributed by atoms with Gasteiger partial charge < -0.3 is 0 Å². The molecule has 0 nitrogen and oxygen atoms in total. The Morgan fingerprint density at radius 1 is 1.08 bits per heavy atom. The molecule has 0 N–H and O–H groups in total. The fourth-order valence-electron chi connectivity index (χ4n) is 1.45. The molecule has 0 spiro atoms. The van der Waals surface area contributed by atoms with Gasteiger partial charge in [0, 0.05) is 4.88 Å². The first-order chi connectivity index (χ1) is 6.27. The van der Waals surface area contributed by atoms with Gasteiger partial charge in [-0.25, -0.2) is 0 Å². The van der Waals surface area contributed by atoms with Crippen molar-refractivity contribution >= 4 is 11.3 Å². The standard InChI is InChI=1S/C12H12S/c1-9-4-3-5-11(8-9)12-10(2)6-7-13-12/h3-8H,1-2H3. The first-order valence-corrected chi connectivity index (χ1v) is 5.26. The third-order valence-corrected chi connectivity index (χ3v) is 3.21. The van der Waals surface area contributed by atoms with Crippen LogP contribution in [0.25, 0.3) is 10.4 Å². The molecule has 1 aromatic carbocycles. The molecule has 2 aromatic rings. The van der Waals surface area contributed by atoms with E-state index in [0.717, 1.165) is 0 Å². The van der Waals surface area contributed by atoms with Gasteiger partial charge in [0.05, 0.1) is 0 Å². The third-order valence-electron chi connectivity index (χ3n) is 2.14. The SMILES string of the molecule is Cc1cccc(-c2sccc2C)c1. The Labute approximate surface area is 82.9 Å². The van der Waals surface area contributed by atoms with Gasteiger partial charge >= 0.3 is 0 Å². The van der Waals surface area contributed by atoms with Crippen LogP contribution in [-0.4, -0.2) is 0 Å². The monoisotopic (exact) mass is 188 g/mol. The Hall–Kier alpha value is -1.08. The summed E-state index contributed by atoms with van der Waals surface area (Å²) in [6.07, 6.45) is 0. The zero-order chi connectivity index (χ0) is 9.26. The summed E-state index contributed by atoms with van der Waals surface area (Å²) < 4.78 is 0. The van der Waals surface area contributed by atoms with Crippen LogP contribution in [-0.2, 0) is 0 Å².